The third-order valence-electron chi connectivity index (χ3n) is 5.15. The Morgan fingerprint density at radius 2 is 1.90 bits per heavy atom. The summed E-state index contributed by atoms with van der Waals surface area (Å²) in [5, 5.41) is 3.74. The van der Waals surface area contributed by atoms with Crippen molar-refractivity contribution in [2.75, 3.05) is 26.8 Å². The van der Waals surface area contributed by atoms with Crippen LogP contribution in [0.2, 0.25) is 0 Å². The Morgan fingerprint density at radius 1 is 1.24 bits per heavy atom. The molecule has 3 heteroatoms. The summed E-state index contributed by atoms with van der Waals surface area (Å²) in [6.07, 6.45) is 3.97. The van der Waals surface area contributed by atoms with E-state index in [0.29, 0.717) is 23.5 Å². The monoisotopic (exact) mass is 298 g/mol. The van der Waals surface area contributed by atoms with Crippen LogP contribution in [0.4, 0.5) is 0 Å². The molecule has 3 nitrogen and oxygen atoms in total. The van der Waals surface area contributed by atoms with Crippen LogP contribution in [0.1, 0.15) is 60.8 Å². The molecule has 0 aliphatic heterocycles. The lowest BCUT2D eigenvalue weighted by Crippen LogP contribution is -2.57. The van der Waals surface area contributed by atoms with Crippen LogP contribution in [0.15, 0.2) is 0 Å². The molecule has 0 spiro atoms. The zero-order valence-corrected chi connectivity index (χ0v) is 15.4. The van der Waals surface area contributed by atoms with Crippen molar-refractivity contribution in [3.05, 3.63) is 0 Å². The number of hydrogen-bond acceptors (Lipinski definition) is 3. The second-order valence-electron chi connectivity index (χ2n) is 7.93. The van der Waals surface area contributed by atoms with Gasteiger partial charge in [0.1, 0.15) is 0 Å². The van der Waals surface area contributed by atoms with Gasteiger partial charge in [0, 0.05) is 31.8 Å². The lowest BCUT2D eigenvalue weighted by Gasteiger charge is -2.48. The van der Waals surface area contributed by atoms with E-state index in [-0.39, 0.29) is 0 Å². The van der Waals surface area contributed by atoms with E-state index in [2.05, 4.69) is 51.8 Å². The van der Waals surface area contributed by atoms with Crippen molar-refractivity contribution in [3.63, 3.8) is 0 Å². The molecule has 0 aromatic rings. The van der Waals surface area contributed by atoms with Crippen LogP contribution >= 0.6 is 0 Å². The van der Waals surface area contributed by atoms with Gasteiger partial charge < -0.3 is 10.1 Å². The summed E-state index contributed by atoms with van der Waals surface area (Å²) in [4.78, 5) is 2.66. The quantitative estimate of drug-likeness (QED) is 0.778. The normalized spacial score (nSPS) is 27.6. The van der Waals surface area contributed by atoms with Crippen LogP contribution in [0.25, 0.3) is 0 Å². The van der Waals surface area contributed by atoms with Crippen molar-refractivity contribution in [2.24, 2.45) is 11.3 Å². The topological polar surface area (TPSA) is 24.5 Å². The largest absolute Gasteiger partial charge is 0.383 e. The fraction of sp³-hybridized carbons (Fsp3) is 1.00. The first-order chi connectivity index (χ1) is 9.81. The minimum absolute atomic E-state index is 0.416. The predicted molar refractivity (Wildman–Crippen MR) is 91.8 cm³/mol. The van der Waals surface area contributed by atoms with Crippen molar-refractivity contribution >= 4 is 0 Å². The molecule has 21 heavy (non-hydrogen) atoms. The Kier molecular flexibility index (Phi) is 7.66. The summed E-state index contributed by atoms with van der Waals surface area (Å²) in [5.41, 5.74) is 0.416. The highest BCUT2D eigenvalue weighted by Crippen LogP contribution is 2.39. The van der Waals surface area contributed by atoms with Crippen LogP contribution < -0.4 is 5.32 Å². The van der Waals surface area contributed by atoms with Gasteiger partial charge in [-0.3, -0.25) is 4.90 Å². The van der Waals surface area contributed by atoms with Crippen LogP contribution in [0.5, 0.6) is 0 Å². The maximum atomic E-state index is 5.34. The highest BCUT2D eigenvalue weighted by molar-refractivity contribution is 4.95. The molecule has 0 aromatic carbocycles. The highest BCUT2D eigenvalue weighted by atomic mass is 16.5. The maximum absolute atomic E-state index is 5.34. The molecule has 3 unspecified atom stereocenters. The van der Waals surface area contributed by atoms with E-state index in [0.717, 1.165) is 25.6 Å². The molecule has 1 rings (SSSR count). The standard InChI is InChI=1S/C18H38N2O/c1-8-19-16-10-9-15(18(4,5)6)13-17(16)20(14(2)3)11-12-21-7/h14-17,19H,8-13H2,1-7H3. The predicted octanol–water partition coefficient (Wildman–Crippen LogP) is 3.54. The smallest absolute Gasteiger partial charge is 0.0589 e. The molecule has 0 heterocycles. The van der Waals surface area contributed by atoms with Crippen LogP contribution in [0.3, 0.4) is 0 Å². The minimum atomic E-state index is 0.416. The Balaban J connectivity index is 2.85. The van der Waals surface area contributed by atoms with Gasteiger partial charge in [0.2, 0.25) is 0 Å². The van der Waals surface area contributed by atoms with Gasteiger partial charge in [-0.05, 0) is 51.0 Å². The molecule has 1 N–H and O–H groups in total. The Morgan fingerprint density at radius 3 is 2.38 bits per heavy atom. The third kappa shape index (κ3) is 5.54. The first-order valence-electron chi connectivity index (χ1n) is 8.79. The number of nitrogens with zero attached hydrogens (tertiary/aromatic N) is 1. The zero-order chi connectivity index (χ0) is 16.0. The molecular formula is C18H38N2O. The number of hydrogen-bond donors (Lipinski definition) is 1. The second kappa shape index (κ2) is 8.50. The summed E-state index contributed by atoms with van der Waals surface area (Å²) >= 11 is 0. The lowest BCUT2D eigenvalue weighted by molar-refractivity contribution is 0.0253. The summed E-state index contributed by atoms with van der Waals surface area (Å²) < 4.78 is 5.34. The number of ether oxygens (including phenoxy) is 1. The van der Waals surface area contributed by atoms with Crippen LogP contribution in [0, 0.1) is 11.3 Å². The van der Waals surface area contributed by atoms with Crippen molar-refractivity contribution in [3.8, 4) is 0 Å². The molecule has 0 aromatic heterocycles. The molecule has 1 fully saturated rings. The Labute approximate surface area is 132 Å². The summed E-state index contributed by atoms with van der Waals surface area (Å²) in [7, 11) is 1.80. The maximum Gasteiger partial charge on any atom is 0.0589 e. The van der Waals surface area contributed by atoms with Gasteiger partial charge in [-0.1, -0.05) is 27.7 Å². The average Bonchev–Trinajstić information content (AvgIpc) is 2.39. The van der Waals surface area contributed by atoms with Crippen molar-refractivity contribution in [1.29, 1.82) is 0 Å². The second-order valence-corrected chi connectivity index (χ2v) is 7.93. The molecular weight excluding hydrogens is 260 g/mol. The van der Waals surface area contributed by atoms with E-state index in [1.54, 1.807) is 7.11 Å². The fourth-order valence-electron chi connectivity index (χ4n) is 3.80. The van der Waals surface area contributed by atoms with E-state index < -0.39 is 0 Å². The molecule has 0 bridgehead atoms. The zero-order valence-electron chi connectivity index (χ0n) is 15.4. The van der Waals surface area contributed by atoms with Gasteiger partial charge >= 0.3 is 0 Å². The van der Waals surface area contributed by atoms with Gasteiger partial charge in [0.05, 0.1) is 6.61 Å². The van der Waals surface area contributed by atoms with Gasteiger partial charge in [-0.25, -0.2) is 0 Å². The molecule has 3 atom stereocenters. The first kappa shape index (κ1) is 18.9. The van der Waals surface area contributed by atoms with Crippen LogP contribution in [-0.2, 0) is 4.74 Å². The number of likely N-dealkylation sites (N-methyl/N-ethyl adjacent to an activating group) is 1. The van der Waals surface area contributed by atoms with Gasteiger partial charge in [0.15, 0.2) is 0 Å². The van der Waals surface area contributed by atoms with E-state index >= 15 is 0 Å². The van der Waals surface area contributed by atoms with Crippen molar-refractivity contribution in [2.45, 2.75) is 78.9 Å². The minimum Gasteiger partial charge on any atom is -0.383 e. The van der Waals surface area contributed by atoms with E-state index in [1.165, 1.54) is 19.3 Å². The van der Waals surface area contributed by atoms with E-state index in [4.69, 9.17) is 4.74 Å². The number of rotatable bonds is 7. The first-order valence-corrected chi connectivity index (χ1v) is 8.79. The molecule has 0 saturated heterocycles. The Hall–Kier alpha value is -0.120. The number of nitrogens with one attached hydrogen (secondary N) is 1. The van der Waals surface area contributed by atoms with Gasteiger partial charge in [0.25, 0.3) is 0 Å². The van der Waals surface area contributed by atoms with E-state index in [9.17, 15) is 0 Å². The molecule has 0 amide bonds. The van der Waals surface area contributed by atoms with E-state index in [1.807, 2.05) is 0 Å². The SMILES string of the molecule is CCNC1CCC(C(C)(C)C)CC1N(CCOC)C(C)C. The number of methoxy groups -OCH3 is 1. The van der Waals surface area contributed by atoms with Gasteiger partial charge in [-0.2, -0.15) is 0 Å². The van der Waals surface area contributed by atoms with Crippen molar-refractivity contribution in [1.82, 2.24) is 10.2 Å². The third-order valence-corrected chi connectivity index (χ3v) is 5.15. The summed E-state index contributed by atoms with van der Waals surface area (Å²) in [6.45, 7) is 17.0. The fourth-order valence-corrected chi connectivity index (χ4v) is 3.80. The molecule has 1 aliphatic carbocycles. The highest BCUT2D eigenvalue weighted by Gasteiger charge is 2.38. The molecule has 126 valence electrons. The Bertz CT molecular complexity index is 285. The molecule has 0 radical (unpaired) electrons. The van der Waals surface area contributed by atoms with Crippen molar-refractivity contribution < 1.29 is 4.74 Å². The average molecular weight is 299 g/mol. The van der Waals surface area contributed by atoms with Crippen LogP contribution in [-0.4, -0.2) is 49.8 Å². The van der Waals surface area contributed by atoms with Gasteiger partial charge in [-0.15, -0.1) is 0 Å². The summed E-state index contributed by atoms with van der Waals surface area (Å²) in [6, 6.07) is 1.84. The summed E-state index contributed by atoms with van der Waals surface area (Å²) in [5.74, 6) is 0.821. The molecule has 1 aliphatic rings. The molecule has 1 saturated carbocycles. The lowest BCUT2D eigenvalue weighted by atomic mass is 9.69.